The summed E-state index contributed by atoms with van der Waals surface area (Å²) in [7, 11) is 0. The van der Waals surface area contributed by atoms with Gasteiger partial charge in [-0.15, -0.1) is 46.2 Å². The molecule has 4 unspecified atom stereocenters. The SMILES string of the molecule is CCOC(=O)C1=C(CN2CC(F)(F)CCC2CSCC(=O)O)NC(c2nccs2)=NC1c1ccc(F)cc1Br.CCOC(=O)C1=C(CN2CC(F)(F)CCC2CSCC(=O)O)NC(c2nccs2)=NC1c1ccc(F)cc1Cl. The Hall–Kier alpha value is -5.03. The third kappa shape index (κ3) is 16.1. The molecule has 78 heavy (non-hydrogen) atoms. The number of esters is 2. The van der Waals surface area contributed by atoms with Gasteiger partial charge in [-0.25, -0.2) is 45.9 Å². The number of alkyl halides is 4. The maximum Gasteiger partial charge on any atom is 0.338 e. The molecule has 4 aromatic rings. The van der Waals surface area contributed by atoms with Crippen LogP contribution in [0.4, 0.5) is 26.3 Å². The molecular formula is C50H52BrClF6N8O8S4. The lowest BCUT2D eigenvalue weighted by atomic mass is 9.94. The molecule has 2 aromatic heterocycles. The Balaban J connectivity index is 0.000000226. The zero-order valence-electron chi connectivity index (χ0n) is 41.7. The minimum absolute atomic E-state index is 0.0396. The molecule has 0 spiro atoms. The number of halogens is 8. The number of nitrogens with zero attached hydrogens (tertiary/aromatic N) is 6. The van der Waals surface area contributed by atoms with E-state index in [1.807, 2.05) is 0 Å². The number of carboxylic acids is 2. The highest BCUT2D eigenvalue weighted by Gasteiger charge is 2.44. The van der Waals surface area contributed by atoms with Crippen LogP contribution in [0.5, 0.6) is 0 Å². The summed E-state index contributed by atoms with van der Waals surface area (Å²) < 4.78 is 97.3. The molecule has 0 radical (unpaired) electrons. The fourth-order valence-corrected chi connectivity index (χ4v) is 12.9. The molecule has 6 heterocycles. The van der Waals surface area contributed by atoms with Crippen LogP contribution in [-0.4, -0.2) is 152 Å². The summed E-state index contributed by atoms with van der Waals surface area (Å²) in [5.74, 6) is -9.30. The number of hydrogen-bond donors (Lipinski definition) is 4. The van der Waals surface area contributed by atoms with Crippen LogP contribution in [0.2, 0.25) is 5.02 Å². The first kappa shape index (κ1) is 60.6. The number of carbonyl (C=O) groups is 4. The molecule has 0 saturated carbocycles. The zero-order chi connectivity index (χ0) is 56.3. The van der Waals surface area contributed by atoms with Gasteiger partial charge in [-0.3, -0.25) is 29.4 Å². The van der Waals surface area contributed by atoms with Crippen LogP contribution >= 0.6 is 73.7 Å². The summed E-state index contributed by atoms with van der Waals surface area (Å²) in [5.41, 5.74) is 1.62. The van der Waals surface area contributed by atoms with Crippen LogP contribution in [0.1, 0.15) is 72.8 Å². The zero-order valence-corrected chi connectivity index (χ0v) is 47.3. The van der Waals surface area contributed by atoms with Crippen LogP contribution in [0.15, 0.2) is 96.5 Å². The number of benzene rings is 2. The normalized spacial score (nSPS) is 21.3. The Labute approximate surface area is 474 Å². The molecule has 16 nitrogen and oxygen atoms in total. The third-order valence-corrected chi connectivity index (χ3v) is 17.1. The molecule has 28 heteroatoms. The summed E-state index contributed by atoms with van der Waals surface area (Å²) in [6, 6.07) is 5.11. The van der Waals surface area contributed by atoms with Gasteiger partial charge in [-0.05, 0) is 56.5 Å². The first-order valence-corrected chi connectivity index (χ1v) is 29.4. The second kappa shape index (κ2) is 27.4. The van der Waals surface area contributed by atoms with Gasteiger partial charge >= 0.3 is 23.9 Å². The quantitative estimate of drug-likeness (QED) is 0.0480. The third-order valence-electron chi connectivity index (χ3n) is 12.4. The summed E-state index contributed by atoms with van der Waals surface area (Å²) in [5, 5.41) is 28.9. The van der Waals surface area contributed by atoms with E-state index in [0.29, 0.717) is 54.5 Å². The molecule has 4 aliphatic heterocycles. The van der Waals surface area contributed by atoms with Crippen molar-refractivity contribution in [3.8, 4) is 0 Å². The van der Waals surface area contributed by atoms with E-state index in [-0.39, 0.29) is 97.4 Å². The molecule has 0 amide bonds. The lowest BCUT2D eigenvalue weighted by molar-refractivity contribution is -0.140. The molecule has 0 aliphatic carbocycles. The Morgan fingerprint density at radius 2 is 1.17 bits per heavy atom. The first-order chi connectivity index (χ1) is 37.1. The summed E-state index contributed by atoms with van der Waals surface area (Å²) in [4.78, 5) is 69.8. The van der Waals surface area contributed by atoms with Gasteiger partial charge in [-0.2, -0.15) is 0 Å². The van der Waals surface area contributed by atoms with Gasteiger partial charge in [0.25, 0.3) is 11.8 Å². The predicted molar refractivity (Wildman–Crippen MR) is 291 cm³/mol. The average Bonchev–Trinajstić information content (AvgIpc) is 4.26. The second-order valence-electron chi connectivity index (χ2n) is 18.0. The van der Waals surface area contributed by atoms with E-state index in [2.05, 4.69) is 41.5 Å². The van der Waals surface area contributed by atoms with E-state index in [1.54, 1.807) is 46.8 Å². The fourth-order valence-electron chi connectivity index (χ4n) is 8.98. The Morgan fingerprint density at radius 3 is 1.56 bits per heavy atom. The van der Waals surface area contributed by atoms with Crippen LogP contribution in [0.25, 0.3) is 0 Å². The van der Waals surface area contributed by atoms with E-state index >= 15 is 0 Å². The standard InChI is InChI=1S/C25H26BrF3N4O4S2.C25H26ClF3N4O4S2/c2*1-2-37-24(36)20-18(10-33-13-25(28,29)6-5-15(33)11-38-12-19(34)35)31-22(23-30-7-8-39-23)32-21(20)16-4-3-14(27)9-17(16)26/h2*3-4,7-9,15,21H,2,5-6,10-13H2,1H3,(H,31,32)(H,34,35). The largest absolute Gasteiger partial charge is 0.481 e. The molecule has 8 rings (SSSR count). The maximum absolute atomic E-state index is 14.6. The van der Waals surface area contributed by atoms with Crippen molar-refractivity contribution in [1.82, 2.24) is 30.4 Å². The minimum Gasteiger partial charge on any atom is -0.481 e. The number of carboxylic acid groups (broad SMARTS) is 2. The fraction of sp³-hybridized carbons (Fsp3) is 0.440. The minimum atomic E-state index is -2.96. The van der Waals surface area contributed by atoms with Crippen molar-refractivity contribution in [1.29, 1.82) is 0 Å². The lowest BCUT2D eigenvalue weighted by Crippen LogP contribution is -2.52. The number of ether oxygens (including phenoxy) is 2. The number of nitrogens with one attached hydrogen (secondary N) is 2. The van der Waals surface area contributed by atoms with E-state index < -0.39 is 72.5 Å². The van der Waals surface area contributed by atoms with Gasteiger partial charge in [0.1, 0.15) is 23.7 Å². The highest BCUT2D eigenvalue weighted by atomic mass is 79.9. The van der Waals surface area contributed by atoms with Crippen molar-refractivity contribution >= 4 is 109 Å². The van der Waals surface area contributed by atoms with Gasteiger partial charge in [0.05, 0.1) is 49.0 Å². The highest BCUT2D eigenvalue weighted by molar-refractivity contribution is 9.10. The molecular weight excluding hydrogens is 1200 g/mol. The van der Waals surface area contributed by atoms with Gasteiger partial charge in [0.2, 0.25) is 0 Å². The smallest absolute Gasteiger partial charge is 0.338 e. The number of carbonyl (C=O) groups excluding carboxylic acids is 2. The van der Waals surface area contributed by atoms with Crippen molar-refractivity contribution in [3.05, 3.63) is 124 Å². The van der Waals surface area contributed by atoms with E-state index in [4.69, 9.17) is 36.3 Å². The van der Waals surface area contributed by atoms with Crippen molar-refractivity contribution in [2.45, 2.75) is 75.5 Å². The molecule has 4 aliphatic rings. The average molecular weight is 1250 g/mol. The van der Waals surface area contributed by atoms with Gasteiger partial charge in [0, 0.05) is 99.1 Å². The van der Waals surface area contributed by atoms with Crippen molar-refractivity contribution < 1.29 is 65.2 Å². The number of thiazole rings is 2. The van der Waals surface area contributed by atoms with Crippen molar-refractivity contribution in [3.63, 3.8) is 0 Å². The number of hydrogen-bond acceptors (Lipinski definition) is 18. The number of amidine groups is 2. The number of piperidine rings is 2. The molecule has 0 bridgehead atoms. The predicted octanol–water partition coefficient (Wildman–Crippen LogP) is 9.63. The van der Waals surface area contributed by atoms with Gasteiger partial charge in [-0.1, -0.05) is 39.7 Å². The summed E-state index contributed by atoms with van der Waals surface area (Å²) in [6.07, 6.45) is 2.87. The van der Waals surface area contributed by atoms with E-state index in [0.717, 1.165) is 29.6 Å². The van der Waals surface area contributed by atoms with Gasteiger partial charge in [0.15, 0.2) is 21.7 Å². The number of rotatable bonds is 20. The maximum atomic E-state index is 14.6. The van der Waals surface area contributed by atoms with Gasteiger partial charge < -0.3 is 30.3 Å². The number of thioether (sulfide) groups is 2. The highest BCUT2D eigenvalue weighted by Crippen LogP contribution is 2.41. The van der Waals surface area contributed by atoms with Crippen molar-refractivity contribution in [2.24, 2.45) is 9.98 Å². The topological polar surface area (TPSA) is 208 Å². The Kier molecular flexibility index (Phi) is 21.3. The first-order valence-electron chi connectivity index (χ1n) is 24.2. The summed E-state index contributed by atoms with van der Waals surface area (Å²) in [6.45, 7) is 2.13. The second-order valence-corrected chi connectivity index (χ2v) is 23.1. The van der Waals surface area contributed by atoms with Crippen LogP contribution in [-0.2, 0) is 28.7 Å². The molecule has 420 valence electrons. The Morgan fingerprint density at radius 1 is 0.731 bits per heavy atom. The van der Waals surface area contributed by atoms with Crippen LogP contribution in [0, 0.1) is 11.6 Å². The van der Waals surface area contributed by atoms with E-state index in [1.165, 1.54) is 53.0 Å². The lowest BCUT2D eigenvalue weighted by Gasteiger charge is -2.40. The molecule has 4 atom stereocenters. The molecule has 4 N–H and O–H groups in total. The number of aromatic nitrogens is 2. The number of aliphatic carboxylic acids is 2. The van der Waals surface area contributed by atoms with E-state index in [9.17, 15) is 45.5 Å². The molecule has 2 saturated heterocycles. The van der Waals surface area contributed by atoms with Crippen LogP contribution < -0.4 is 10.6 Å². The monoisotopic (exact) mass is 1250 g/mol. The summed E-state index contributed by atoms with van der Waals surface area (Å²) >= 11 is 14.7. The Bertz CT molecular complexity index is 2750. The van der Waals surface area contributed by atoms with Crippen LogP contribution in [0.3, 0.4) is 0 Å². The number of likely N-dealkylation sites (tertiary alicyclic amines) is 2. The number of aliphatic imine (C=N–C) groups is 2. The van der Waals surface area contributed by atoms with Crippen molar-refractivity contribution in [2.75, 3.05) is 62.4 Å². The molecule has 2 fully saturated rings. The molecule has 2 aromatic carbocycles.